The number of para-hydroxylation sites is 1. The molecule has 0 aliphatic heterocycles. The largest absolute Gasteiger partial charge is 0.376 e. The fourth-order valence-electron chi connectivity index (χ4n) is 3.28. The molecule has 0 aromatic heterocycles. The predicted octanol–water partition coefficient (Wildman–Crippen LogP) is 2.82. The molecule has 2 rings (SSSR count). The summed E-state index contributed by atoms with van der Waals surface area (Å²) >= 11 is 0. The van der Waals surface area contributed by atoms with Gasteiger partial charge in [0.05, 0.1) is 17.9 Å². The third kappa shape index (κ3) is 7.19. The molecule has 1 aromatic carbocycles. The number of hydrogen-bond acceptors (Lipinski definition) is 7. The van der Waals surface area contributed by atoms with Gasteiger partial charge in [0.25, 0.3) is 0 Å². The van der Waals surface area contributed by atoms with E-state index in [1.54, 1.807) is 0 Å². The Balaban J connectivity index is 1.82. The van der Waals surface area contributed by atoms with Crippen molar-refractivity contribution in [3.8, 4) is 0 Å². The lowest BCUT2D eigenvalue weighted by molar-refractivity contribution is -0.0647. The molecule has 4 N–H and O–H groups in total. The number of nitrogens with zero attached hydrogens (tertiary/aromatic N) is 2. The zero-order chi connectivity index (χ0) is 18.8. The van der Waals surface area contributed by atoms with Gasteiger partial charge in [0.1, 0.15) is 0 Å². The summed E-state index contributed by atoms with van der Waals surface area (Å²) in [6, 6.07) is 10.5. The first kappa shape index (κ1) is 21.1. The van der Waals surface area contributed by atoms with E-state index in [0.717, 1.165) is 38.0 Å². The van der Waals surface area contributed by atoms with Crippen molar-refractivity contribution in [2.75, 3.05) is 18.5 Å². The van der Waals surface area contributed by atoms with Crippen molar-refractivity contribution < 1.29 is 4.74 Å². The maximum absolute atomic E-state index is 5.98. The first-order chi connectivity index (χ1) is 12.6. The lowest BCUT2D eigenvalue weighted by Crippen LogP contribution is -2.63. The van der Waals surface area contributed by atoms with Crippen LogP contribution < -0.4 is 21.9 Å². The number of ether oxygens (including phenoxy) is 1. The van der Waals surface area contributed by atoms with E-state index >= 15 is 0 Å². The molecule has 0 radical (unpaired) electrons. The van der Waals surface area contributed by atoms with E-state index < -0.39 is 0 Å². The Morgan fingerprint density at radius 1 is 1.12 bits per heavy atom. The van der Waals surface area contributed by atoms with Gasteiger partial charge in [0.15, 0.2) is 0 Å². The second kappa shape index (κ2) is 11.5. The summed E-state index contributed by atoms with van der Waals surface area (Å²) in [7, 11) is 0. The SMILES string of the molecule is CCN(CC)N(NNNC1CCCC(OC(C)C)C1)Nc1ccccc1. The fourth-order valence-corrected chi connectivity index (χ4v) is 3.28. The third-order valence-corrected chi connectivity index (χ3v) is 4.55. The molecule has 1 aromatic rings. The minimum atomic E-state index is 0.290. The van der Waals surface area contributed by atoms with E-state index in [-0.39, 0.29) is 6.10 Å². The van der Waals surface area contributed by atoms with Gasteiger partial charge in [0, 0.05) is 19.1 Å². The van der Waals surface area contributed by atoms with E-state index in [2.05, 4.69) is 54.6 Å². The quantitative estimate of drug-likeness (QED) is 0.450. The van der Waals surface area contributed by atoms with Crippen LogP contribution in [0.25, 0.3) is 0 Å². The summed E-state index contributed by atoms with van der Waals surface area (Å²) in [6.45, 7) is 10.3. The highest BCUT2D eigenvalue weighted by molar-refractivity contribution is 5.41. The Labute approximate surface area is 158 Å². The molecule has 1 aliphatic carbocycles. The molecule has 0 amide bonds. The van der Waals surface area contributed by atoms with Crippen molar-refractivity contribution in [2.24, 2.45) is 0 Å². The molecule has 0 spiro atoms. The van der Waals surface area contributed by atoms with Crippen LogP contribution in [0.5, 0.6) is 0 Å². The number of anilines is 1. The average molecular weight is 365 g/mol. The molecule has 0 heterocycles. The van der Waals surface area contributed by atoms with E-state index in [1.165, 1.54) is 6.42 Å². The summed E-state index contributed by atoms with van der Waals surface area (Å²) in [5.41, 5.74) is 14.2. The molecule has 1 fully saturated rings. The minimum Gasteiger partial charge on any atom is -0.376 e. The second-order valence-electron chi connectivity index (χ2n) is 6.98. The number of hydrogen-bond donors (Lipinski definition) is 4. The molecule has 26 heavy (non-hydrogen) atoms. The van der Waals surface area contributed by atoms with Gasteiger partial charge in [-0.3, -0.25) is 5.43 Å². The molecule has 148 valence electrons. The Hall–Kier alpha value is -1.22. The van der Waals surface area contributed by atoms with Gasteiger partial charge in [-0.05, 0) is 51.7 Å². The summed E-state index contributed by atoms with van der Waals surface area (Å²) < 4.78 is 5.98. The molecule has 2 unspecified atom stereocenters. The first-order valence-corrected chi connectivity index (χ1v) is 9.90. The van der Waals surface area contributed by atoms with Gasteiger partial charge in [-0.2, -0.15) is 5.53 Å². The Kier molecular flexibility index (Phi) is 9.31. The topological polar surface area (TPSA) is 63.8 Å². The monoisotopic (exact) mass is 364 g/mol. The van der Waals surface area contributed by atoms with E-state index in [1.807, 2.05) is 35.6 Å². The average Bonchev–Trinajstić information content (AvgIpc) is 2.63. The normalized spacial score (nSPS) is 20.9. The first-order valence-electron chi connectivity index (χ1n) is 9.90. The van der Waals surface area contributed by atoms with Gasteiger partial charge < -0.3 is 4.74 Å². The highest BCUT2D eigenvalue weighted by Crippen LogP contribution is 2.21. The zero-order valence-electron chi connectivity index (χ0n) is 16.7. The summed E-state index contributed by atoms with van der Waals surface area (Å²) in [4.78, 5) is 0. The molecule has 2 atom stereocenters. The van der Waals surface area contributed by atoms with Crippen molar-refractivity contribution in [3.05, 3.63) is 30.3 Å². The lowest BCUT2D eigenvalue weighted by atomic mass is 9.93. The maximum Gasteiger partial charge on any atom is 0.0594 e. The lowest BCUT2D eigenvalue weighted by Gasteiger charge is -2.35. The van der Waals surface area contributed by atoms with Gasteiger partial charge in [-0.15, -0.1) is 5.53 Å². The van der Waals surface area contributed by atoms with Crippen LogP contribution in [-0.2, 0) is 4.74 Å². The van der Waals surface area contributed by atoms with E-state index in [0.29, 0.717) is 12.1 Å². The standard InChI is InChI=1S/C19H36N6O/c1-5-24(6-2)25(21-17-11-8-7-9-12-17)23-22-20-18-13-10-14-19(15-18)26-16(3)4/h7-9,11-12,16,18-23H,5-6,10,13-15H2,1-4H3. The van der Waals surface area contributed by atoms with Crippen LogP contribution in [0.15, 0.2) is 30.3 Å². The van der Waals surface area contributed by atoms with Crippen LogP contribution >= 0.6 is 0 Å². The van der Waals surface area contributed by atoms with Crippen molar-refractivity contribution >= 4 is 5.69 Å². The van der Waals surface area contributed by atoms with Crippen LogP contribution in [0.4, 0.5) is 5.69 Å². The Bertz CT molecular complexity index is 482. The van der Waals surface area contributed by atoms with Crippen LogP contribution in [0, 0.1) is 0 Å². The molecular weight excluding hydrogens is 328 g/mol. The molecule has 1 aliphatic rings. The smallest absolute Gasteiger partial charge is 0.0594 e. The van der Waals surface area contributed by atoms with Crippen molar-refractivity contribution in [3.63, 3.8) is 0 Å². The van der Waals surface area contributed by atoms with Crippen molar-refractivity contribution in [2.45, 2.75) is 71.6 Å². The van der Waals surface area contributed by atoms with Gasteiger partial charge in [-0.25, -0.2) is 10.4 Å². The maximum atomic E-state index is 5.98. The number of benzene rings is 1. The Morgan fingerprint density at radius 3 is 2.50 bits per heavy atom. The molecular formula is C19H36N6O. The molecule has 0 bridgehead atoms. The van der Waals surface area contributed by atoms with Gasteiger partial charge in [-0.1, -0.05) is 37.3 Å². The highest BCUT2D eigenvalue weighted by atomic mass is 16.5. The van der Waals surface area contributed by atoms with Gasteiger partial charge in [0.2, 0.25) is 0 Å². The van der Waals surface area contributed by atoms with Crippen LogP contribution in [0.1, 0.15) is 53.4 Å². The molecule has 7 heteroatoms. The second-order valence-corrected chi connectivity index (χ2v) is 6.98. The minimum absolute atomic E-state index is 0.290. The molecule has 0 saturated heterocycles. The molecule has 7 nitrogen and oxygen atoms in total. The third-order valence-electron chi connectivity index (χ3n) is 4.55. The van der Waals surface area contributed by atoms with E-state index in [9.17, 15) is 0 Å². The predicted molar refractivity (Wildman–Crippen MR) is 106 cm³/mol. The number of nitrogens with one attached hydrogen (secondary N) is 4. The van der Waals surface area contributed by atoms with Crippen molar-refractivity contribution in [1.29, 1.82) is 0 Å². The summed E-state index contributed by atoms with van der Waals surface area (Å²) in [6.07, 6.45) is 5.18. The van der Waals surface area contributed by atoms with Crippen LogP contribution in [0.2, 0.25) is 0 Å². The highest BCUT2D eigenvalue weighted by Gasteiger charge is 2.23. The number of hydrazine groups is 5. The number of rotatable bonds is 11. The summed E-state index contributed by atoms with van der Waals surface area (Å²) in [5.74, 6) is 0. The van der Waals surface area contributed by atoms with Crippen LogP contribution in [-0.4, -0.2) is 41.6 Å². The molecule has 1 saturated carbocycles. The van der Waals surface area contributed by atoms with Crippen LogP contribution in [0.3, 0.4) is 0 Å². The zero-order valence-corrected chi connectivity index (χ0v) is 16.7. The van der Waals surface area contributed by atoms with E-state index in [4.69, 9.17) is 4.74 Å². The summed E-state index contributed by atoms with van der Waals surface area (Å²) in [5, 5.41) is 4.04. The van der Waals surface area contributed by atoms with Gasteiger partial charge >= 0.3 is 0 Å². The van der Waals surface area contributed by atoms with Crippen molar-refractivity contribution in [1.82, 2.24) is 26.7 Å². The Morgan fingerprint density at radius 2 is 1.85 bits per heavy atom. The fraction of sp³-hybridized carbons (Fsp3) is 0.684.